The molecule has 5 aromatic heterocycles. The summed E-state index contributed by atoms with van der Waals surface area (Å²) < 4.78 is 5.00. The molecule has 0 unspecified atom stereocenters. The average molecular weight is 639 g/mol. The molecule has 0 aliphatic rings. The Labute approximate surface area is 285 Å². The lowest BCUT2D eigenvalue weighted by molar-refractivity contribution is 1.37. The summed E-state index contributed by atoms with van der Waals surface area (Å²) in [4.78, 5) is 2.65. The van der Waals surface area contributed by atoms with Crippen molar-refractivity contribution in [3.05, 3.63) is 158 Å². The molecular weight excluding hydrogens is 613 g/mol. The van der Waals surface area contributed by atoms with Gasteiger partial charge in [0.2, 0.25) is 0 Å². The second-order valence-corrected chi connectivity index (χ2v) is 14.3. The highest BCUT2D eigenvalue weighted by atomic mass is 32.1. The van der Waals surface area contributed by atoms with Crippen molar-refractivity contribution in [2.75, 3.05) is 0 Å². The monoisotopic (exact) mass is 638 g/mol. The van der Waals surface area contributed by atoms with E-state index in [1.54, 1.807) is 0 Å². The molecular formula is C46H26N2S. The number of para-hydroxylation sites is 3. The standard InChI is InChI=1S/C46H26N2S/c1-3-11-27(12-4-1)45-41-35-19-10-18-34-37-26-30(22-24-40(37)48(43(34)35)44(41)46(49-45)28-13-5-2-6-14-28)29-21-23-39-36(25-29)33-17-9-16-32-31-15-7-8-20-38(31)47(39)42(32)33/h1-26H. The summed E-state index contributed by atoms with van der Waals surface area (Å²) in [6.45, 7) is 0. The van der Waals surface area contributed by atoms with Crippen LogP contribution in [-0.2, 0) is 0 Å². The van der Waals surface area contributed by atoms with Crippen LogP contribution in [0.15, 0.2) is 158 Å². The SMILES string of the molecule is c1ccc(-c2sc(-c3ccccc3)c3c2c2cccc4c5cc(-c6ccc7c(c6)c6cccc8c9ccccc9n7c86)ccc5n3c42)cc1. The first-order valence-corrected chi connectivity index (χ1v) is 17.7. The van der Waals surface area contributed by atoms with Gasteiger partial charge >= 0.3 is 0 Å². The van der Waals surface area contributed by atoms with Crippen LogP contribution in [0, 0.1) is 0 Å². The Morgan fingerprint density at radius 3 is 1.47 bits per heavy atom. The number of nitrogens with zero attached hydrogens (tertiary/aromatic N) is 2. The molecule has 49 heavy (non-hydrogen) atoms. The van der Waals surface area contributed by atoms with Crippen molar-refractivity contribution < 1.29 is 0 Å². The molecule has 0 aliphatic carbocycles. The molecule has 3 heteroatoms. The van der Waals surface area contributed by atoms with E-state index >= 15 is 0 Å². The van der Waals surface area contributed by atoms with E-state index in [4.69, 9.17) is 0 Å². The Morgan fingerprint density at radius 1 is 0.306 bits per heavy atom. The van der Waals surface area contributed by atoms with Crippen LogP contribution in [0.5, 0.6) is 0 Å². The lowest BCUT2D eigenvalue weighted by Crippen LogP contribution is -1.84. The van der Waals surface area contributed by atoms with Gasteiger partial charge in [-0.1, -0.05) is 127 Å². The zero-order valence-corrected chi connectivity index (χ0v) is 27.1. The topological polar surface area (TPSA) is 8.82 Å². The molecule has 0 spiro atoms. The summed E-state index contributed by atoms with van der Waals surface area (Å²) >= 11 is 1.91. The molecule has 12 aromatic rings. The van der Waals surface area contributed by atoms with Gasteiger partial charge in [-0.3, -0.25) is 0 Å². The fraction of sp³-hybridized carbons (Fsp3) is 0. The van der Waals surface area contributed by atoms with Crippen LogP contribution in [-0.4, -0.2) is 8.80 Å². The van der Waals surface area contributed by atoms with E-state index in [2.05, 4.69) is 167 Å². The van der Waals surface area contributed by atoms with Gasteiger partial charge in [-0.25, -0.2) is 0 Å². The van der Waals surface area contributed by atoms with Gasteiger partial charge in [0.25, 0.3) is 0 Å². The number of thiophene rings is 1. The quantitative estimate of drug-likeness (QED) is 0.182. The van der Waals surface area contributed by atoms with Crippen molar-refractivity contribution in [1.82, 2.24) is 8.80 Å². The maximum atomic E-state index is 2.55. The minimum absolute atomic E-state index is 1.24. The molecule has 0 bridgehead atoms. The zero-order chi connectivity index (χ0) is 31.8. The van der Waals surface area contributed by atoms with Crippen molar-refractivity contribution in [2.45, 2.75) is 0 Å². The summed E-state index contributed by atoms with van der Waals surface area (Å²) in [6.07, 6.45) is 0. The largest absolute Gasteiger partial charge is 0.308 e. The Morgan fingerprint density at radius 2 is 0.796 bits per heavy atom. The molecule has 0 saturated carbocycles. The first-order valence-electron chi connectivity index (χ1n) is 16.9. The molecule has 0 atom stereocenters. The van der Waals surface area contributed by atoms with Crippen molar-refractivity contribution in [3.63, 3.8) is 0 Å². The summed E-state index contributed by atoms with van der Waals surface area (Å²) in [7, 11) is 0. The van der Waals surface area contributed by atoms with Crippen LogP contribution >= 0.6 is 11.3 Å². The Hall–Kier alpha value is -6.16. The molecule has 0 radical (unpaired) electrons. The number of benzene rings is 7. The molecule has 0 amide bonds. The van der Waals surface area contributed by atoms with Gasteiger partial charge in [-0.15, -0.1) is 11.3 Å². The van der Waals surface area contributed by atoms with Gasteiger partial charge in [-0.05, 0) is 52.6 Å². The third kappa shape index (κ3) is 3.25. The van der Waals surface area contributed by atoms with Crippen LogP contribution in [0.2, 0.25) is 0 Å². The summed E-state index contributed by atoms with van der Waals surface area (Å²) in [5.74, 6) is 0. The predicted molar refractivity (Wildman–Crippen MR) is 210 cm³/mol. The molecule has 0 aliphatic heterocycles. The third-order valence-electron chi connectivity index (χ3n) is 10.8. The average Bonchev–Trinajstić information content (AvgIpc) is 3.96. The van der Waals surface area contributed by atoms with E-state index in [0.29, 0.717) is 0 Å². The zero-order valence-electron chi connectivity index (χ0n) is 26.3. The van der Waals surface area contributed by atoms with Crippen molar-refractivity contribution in [2.24, 2.45) is 0 Å². The highest BCUT2D eigenvalue weighted by Crippen LogP contribution is 2.51. The van der Waals surface area contributed by atoms with E-state index < -0.39 is 0 Å². The fourth-order valence-electron chi connectivity index (χ4n) is 8.76. The van der Waals surface area contributed by atoms with E-state index in [-0.39, 0.29) is 0 Å². The van der Waals surface area contributed by atoms with Gasteiger partial charge in [0.1, 0.15) is 0 Å². The summed E-state index contributed by atoms with van der Waals surface area (Å²) in [6, 6.07) is 58.3. The number of hydrogen-bond donors (Lipinski definition) is 0. The Bertz CT molecular complexity index is 3250. The third-order valence-corrected chi connectivity index (χ3v) is 12.1. The lowest BCUT2D eigenvalue weighted by atomic mass is 9.99. The molecule has 0 fully saturated rings. The molecule has 0 saturated heterocycles. The number of hydrogen-bond acceptors (Lipinski definition) is 1. The van der Waals surface area contributed by atoms with Crippen LogP contribution < -0.4 is 0 Å². The van der Waals surface area contributed by atoms with Crippen LogP contribution in [0.25, 0.3) is 108 Å². The first-order chi connectivity index (χ1) is 24.3. The molecule has 7 aromatic carbocycles. The minimum atomic E-state index is 1.24. The minimum Gasteiger partial charge on any atom is -0.308 e. The Kier molecular flexibility index (Phi) is 4.89. The number of fused-ring (bicyclic) bond motifs is 12. The van der Waals surface area contributed by atoms with Crippen LogP contribution in [0.1, 0.15) is 0 Å². The molecule has 5 heterocycles. The second-order valence-electron chi connectivity index (χ2n) is 13.3. The predicted octanol–water partition coefficient (Wildman–Crippen LogP) is 13.0. The first kappa shape index (κ1) is 25.9. The summed E-state index contributed by atoms with van der Waals surface area (Å²) in [5.41, 5.74) is 12.8. The Balaban J connectivity index is 1.13. The van der Waals surface area contributed by atoms with E-state index in [1.165, 1.54) is 108 Å². The van der Waals surface area contributed by atoms with Crippen molar-refractivity contribution in [1.29, 1.82) is 0 Å². The molecule has 226 valence electrons. The molecule has 0 N–H and O–H groups in total. The van der Waals surface area contributed by atoms with Gasteiger partial charge in [0, 0.05) is 48.0 Å². The van der Waals surface area contributed by atoms with E-state index in [9.17, 15) is 0 Å². The molecule has 2 nitrogen and oxygen atoms in total. The maximum Gasteiger partial charge on any atom is 0.0734 e. The van der Waals surface area contributed by atoms with Gasteiger partial charge in [-0.2, -0.15) is 0 Å². The van der Waals surface area contributed by atoms with Crippen molar-refractivity contribution in [3.8, 4) is 32.0 Å². The van der Waals surface area contributed by atoms with E-state index in [1.807, 2.05) is 11.3 Å². The van der Waals surface area contributed by atoms with E-state index in [0.717, 1.165) is 0 Å². The second kappa shape index (κ2) is 9.25. The van der Waals surface area contributed by atoms with Crippen LogP contribution in [0.4, 0.5) is 0 Å². The van der Waals surface area contributed by atoms with Gasteiger partial charge < -0.3 is 8.80 Å². The molecule has 12 rings (SSSR count). The normalized spacial score (nSPS) is 12.5. The smallest absolute Gasteiger partial charge is 0.0734 e. The van der Waals surface area contributed by atoms with Gasteiger partial charge in [0.15, 0.2) is 0 Å². The number of rotatable bonds is 3. The lowest BCUT2D eigenvalue weighted by Gasteiger charge is -2.05. The highest BCUT2D eigenvalue weighted by Gasteiger charge is 2.25. The fourth-order valence-corrected chi connectivity index (χ4v) is 10.1. The van der Waals surface area contributed by atoms with Crippen LogP contribution in [0.3, 0.4) is 0 Å². The van der Waals surface area contributed by atoms with Crippen molar-refractivity contribution >= 4 is 87.5 Å². The number of aromatic nitrogens is 2. The summed E-state index contributed by atoms with van der Waals surface area (Å²) in [5, 5.41) is 10.5. The van der Waals surface area contributed by atoms with Gasteiger partial charge in [0.05, 0.1) is 38.0 Å². The maximum absolute atomic E-state index is 2.55. The highest BCUT2D eigenvalue weighted by molar-refractivity contribution is 7.21.